The van der Waals surface area contributed by atoms with Crippen molar-refractivity contribution in [1.29, 1.82) is 0 Å². The Morgan fingerprint density at radius 1 is 1.39 bits per heavy atom. The molecule has 0 unspecified atom stereocenters. The predicted molar refractivity (Wildman–Crippen MR) is 71.0 cm³/mol. The van der Waals surface area contributed by atoms with Crippen LogP contribution in [-0.4, -0.2) is 15.7 Å². The van der Waals surface area contributed by atoms with Crippen LogP contribution in [0.2, 0.25) is 0 Å². The SMILES string of the molecule is FC(F)=CCCSc1nccc(-c2ccsc2)n1. The summed E-state index contributed by atoms with van der Waals surface area (Å²) < 4.78 is 23.7. The minimum absolute atomic E-state index is 0.318. The zero-order valence-electron chi connectivity index (χ0n) is 9.35. The molecule has 0 saturated carbocycles. The molecule has 0 fully saturated rings. The number of hydrogen-bond donors (Lipinski definition) is 0. The van der Waals surface area contributed by atoms with Gasteiger partial charge in [-0.15, -0.1) is 0 Å². The molecule has 0 N–H and O–H groups in total. The van der Waals surface area contributed by atoms with Crippen molar-refractivity contribution in [2.75, 3.05) is 5.75 Å². The molecule has 0 spiro atoms. The highest BCUT2D eigenvalue weighted by atomic mass is 32.2. The van der Waals surface area contributed by atoms with Gasteiger partial charge in [0.1, 0.15) is 0 Å². The number of thiophene rings is 1. The Morgan fingerprint density at radius 2 is 2.28 bits per heavy atom. The van der Waals surface area contributed by atoms with E-state index >= 15 is 0 Å². The van der Waals surface area contributed by atoms with Gasteiger partial charge < -0.3 is 0 Å². The number of thioether (sulfide) groups is 1. The van der Waals surface area contributed by atoms with Crippen molar-refractivity contribution in [3.63, 3.8) is 0 Å². The molecule has 18 heavy (non-hydrogen) atoms. The van der Waals surface area contributed by atoms with Crippen LogP contribution in [0.3, 0.4) is 0 Å². The minimum Gasteiger partial charge on any atom is -0.231 e. The summed E-state index contributed by atoms with van der Waals surface area (Å²) >= 11 is 2.98. The molecule has 94 valence electrons. The largest absolute Gasteiger partial charge is 0.266 e. The molecular formula is C12H10F2N2S2. The first-order valence-corrected chi connectivity index (χ1v) is 7.18. The minimum atomic E-state index is -1.64. The van der Waals surface area contributed by atoms with Crippen LogP contribution in [0, 0.1) is 0 Å². The molecule has 0 aliphatic carbocycles. The van der Waals surface area contributed by atoms with E-state index in [-0.39, 0.29) is 0 Å². The molecule has 2 aromatic heterocycles. The van der Waals surface area contributed by atoms with Crippen molar-refractivity contribution < 1.29 is 8.78 Å². The maximum absolute atomic E-state index is 11.8. The Hall–Kier alpha value is -1.27. The van der Waals surface area contributed by atoms with Gasteiger partial charge in [-0.3, -0.25) is 0 Å². The maximum Gasteiger partial charge on any atom is 0.266 e. The zero-order valence-corrected chi connectivity index (χ0v) is 11.0. The number of aromatic nitrogens is 2. The lowest BCUT2D eigenvalue weighted by Gasteiger charge is -2.00. The number of allylic oxidation sites excluding steroid dienone is 1. The fourth-order valence-electron chi connectivity index (χ4n) is 1.30. The molecule has 0 aliphatic rings. The first-order valence-electron chi connectivity index (χ1n) is 5.25. The van der Waals surface area contributed by atoms with Crippen LogP contribution < -0.4 is 0 Å². The standard InChI is InChI=1S/C12H10F2N2S2/c13-11(14)2-1-6-18-12-15-5-3-10(16-12)9-4-7-17-8-9/h2-5,7-8H,1,6H2. The van der Waals surface area contributed by atoms with Crippen LogP contribution in [-0.2, 0) is 0 Å². The van der Waals surface area contributed by atoms with Gasteiger partial charge in [0.2, 0.25) is 0 Å². The third-order valence-electron chi connectivity index (χ3n) is 2.10. The Kier molecular flexibility index (Phi) is 4.83. The van der Waals surface area contributed by atoms with Crippen LogP contribution in [0.1, 0.15) is 6.42 Å². The van der Waals surface area contributed by atoms with Crippen molar-refractivity contribution in [3.05, 3.63) is 41.2 Å². The van der Waals surface area contributed by atoms with Gasteiger partial charge in [-0.2, -0.15) is 20.1 Å². The molecule has 2 rings (SSSR count). The predicted octanol–water partition coefficient (Wildman–Crippen LogP) is 4.47. The highest BCUT2D eigenvalue weighted by Crippen LogP contribution is 2.22. The van der Waals surface area contributed by atoms with Crippen molar-refractivity contribution in [2.24, 2.45) is 0 Å². The highest BCUT2D eigenvalue weighted by molar-refractivity contribution is 7.99. The molecule has 0 bridgehead atoms. The monoisotopic (exact) mass is 284 g/mol. The Bertz CT molecular complexity index is 523. The van der Waals surface area contributed by atoms with Crippen molar-refractivity contribution in [2.45, 2.75) is 11.6 Å². The van der Waals surface area contributed by atoms with Gasteiger partial charge in [0.15, 0.2) is 5.16 Å². The van der Waals surface area contributed by atoms with Crippen LogP contribution in [0.25, 0.3) is 11.3 Å². The van der Waals surface area contributed by atoms with E-state index in [4.69, 9.17) is 0 Å². The Labute approximate surface area is 112 Å². The lowest BCUT2D eigenvalue weighted by molar-refractivity contribution is 0.418. The molecule has 2 heterocycles. The Morgan fingerprint density at radius 3 is 3.00 bits per heavy atom. The first kappa shape index (κ1) is 13.2. The van der Waals surface area contributed by atoms with Gasteiger partial charge in [-0.25, -0.2) is 9.97 Å². The quantitative estimate of drug-likeness (QED) is 0.460. The first-order chi connectivity index (χ1) is 8.75. The summed E-state index contributed by atoms with van der Waals surface area (Å²) in [6, 6.07) is 3.83. The summed E-state index contributed by atoms with van der Waals surface area (Å²) in [6.07, 6.45) is 1.28. The molecule has 6 heteroatoms. The second-order valence-electron chi connectivity index (χ2n) is 3.37. The average Bonchev–Trinajstić information content (AvgIpc) is 2.89. The van der Waals surface area contributed by atoms with Crippen molar-refractivity contribution in [1.82, 2.24) is 9.97 Å². The number of halogens is 2. The molecule has 0 aliphatic heterocycles. The topological polar surface area (TPSA) is 25.8 Å². The summed E-state index contributed by atoms with van der Waals surface area (Å²) in [5.41, 5.74) is 1.92. The summed E-state index contributed by atoms with van der Waals surface area (Å²) in [5, 5.41) is 4.61. The van der Waals surface area contributed by atoms with Crippen molar-refractivity contribution >= 4 is 23.1 Å². The van der Waals surface area contributed by atoms with E-state index in [0.29, 0.717) is 17.3 Å². The number of nitrogens with zero attached hydrogens (tertiary/aromatic N) is 2. The van der Waals surface area contributed by atoms with Gasteiger partial charge in [0.05, 0.1) is 5.69 Å². The van der Waals surface area contributed by atoms with Crippen LogP contribution in [0.5, 0.6) is 0 Å². The molecule has 0 radical (unpaired) electrons. The normalized spacial score (nSPS) is 10.3. The van der Waals surface area contributed by atoms with Gasteiger partial charge in [-0.05, 0) is 30.0 Å². The third-order valence-corrected chi connectivity index (χ3v) is 3.68. The molecule has 0 amide bonds. The van der Waals surface area contributed by atoms with Crippen molar-refractivity contribution in [3.8, 4) is 11.3 Å². The van der Waals surface area contributed by atoms with Gasteiger partial charge >= 0.3 is 0 Å². The van der Waals surface area contributed by atoms with Gasteiger partial charge in [-0.1, -0.05) is 11.8 Å². The third kappa shape index (κ3) is 3.89. The molecule has 2 nitrogen and oxygen atoms in total. The average molecular weight is 284 g/mol. The van der Waals surface area contributed by atoms with Crippen LogP contribution in [0.4, 0.5) is 8.78 Å². The zero-order chi connectivity index (χ0) is 12.8. The fourth-order valence-corrected chi connectivity index (χ4v) is 2.67. The number of rotatable bonds is 5. The molecule has 0 aromatic carbocycles. The van der Waals surface area contributed by atoms with Crippen LogP contribution in [0.15, 0.2) is 46.4 Å². The summed E-state index contributed by atoms with van der Waals surface area (Å²) in [5.74, 6) is 0.546. The second kappa shape index (κ2) is 6.61. The van der Waals surface area contributed by atoms with E-state index in [9.17, 15) is 8.78 Å². The summed E-state index contributed by atoms with van der Waals surface area (Å²) in [4.78, 5) is 8.50. The van der Waals surface area contributed by atoms with E-state index in [1.165, 1.54) is 11.8 Å². The van der Waals surface area contributed by atoms with E-state index in [1.807, 2.05) is 22.9 Å². The van der Waals surface area contributed by atoms with E-state index in [1.54, 1.807) is 17.5 Å². The molecular weight excluding hydrogens is 274 g/mol. The maximum atomic E-state index is 11.8. The highest BCUT2D eigenvalue weighted by Gasteiger charge is 2.03. The second-order valence-corrected chi connectivity index (χ2v) is 5.21. The van der Waals surface area contributed by atoms with E-state index < -0.39 is 6.08 Å². The van der Waals surface area contributed by atoms with Gasteiger partial charge in [0.25, 0.3) is 6.08 Å². The Balaban J connectivity index is 1.98. The summed E-state index contributed by atoms with van der Waals surface area (Å²) in [7, 11) is 0. The summed E-state index contributed by atoms with van der Waals surface area (Å²) in [6.45, 7) is 0. The molecule has 0 saturated heterocycles. The van der Waals surface area contributed by atoms with Gasteiger partial charge in [0, 0.05) is 22.9 Å². The fraction of sp³-hybridized carbons (Fsp3) is 0.167. The van der Waals surface area contributed by atoms with E-state index in [0.717, 1.165) is 17.3 Å². The molecule has 0 atom stereocenters. The smallest absolute Gasteiger partial charge is 0.231 e. The number of hydrogen-bond acceptors (Lipinski definition) is 4. The van der Waals surface area contributed by atoms with Crippen LogP contribution >= 0.6 is 23.1 Å². The van der Waals surface area contributed by atoms with E-state index in [2.05, 4.69) is 9.97 Å². The molecule has 2 aromatic rings. The lowest BCUT2D eigenvalue weighted by atomic mass is 10.2. The lowest BCUT2D eigenvalue weighted by Crippen LogP contribution is -1.89.